The van der Waals surface area contributed by atoms with Crippen molar-refractivity contribution in [2.24, 2.45) is 0 Å². The van der Waals surface area contributed by atoms with Crippen molar-refractivity contribution in [1.29, 1.82) is 0 Å². The highest BCUT2D eigenvalue weighted by molar-refractivity contribution is 6.06. The second-order valence-electron chi connectivity index (χ2n) is 17.5. The van der Waals surface area contributed by atoms with Crippen LogP contribution in [0.5, 0.6) is 23.0 Å². The van der Waals surface area contributed by atoms with Crippen LogP contribution < -0.4 is 20.7 Å². The predicted molar refractivity (Wildman–Crippen MR) is 254 cm³/mol. The number of ether oxygens (including phenoxy) is 7. The summed E-state index contributed by atoms with van der Waals surface area (Å²) in [5.74, 6) is 1.40. The highest BCUT2D eigenvalue weighted by Gasteiger charge is 2.50. The topological polar surface area (TPSA) is 301 Å². The van der Waals surface area contributed by atoms with Crippen LogP contribution in [0.15, 0.2) is 127 Å². The molecular weight excluding hydrogens is 976 g/mol. The first-order valence-electron chi connectivity index (χ1n) is 22.6. The maximum absolute atomic E-state index is 15.1. The van der Waals surface area contributed by atoms with Crippen LogP contribution in [0, 0.1) is 17.7 Å². The number of carboxylic acids is 1. The van der Waals surface area contributed by atoms with Crippen LogP contribution in [0.25, 0.3) is 43.5 Å². The van der Waals surface area contributed by atoms with Crippen LogP contribution >= 0.6 is 0 Å². The number of carboxylic acid groups (broad SMARTS) is 1. The molecule has 0 bridgehead atoms. The SMILES string of the molecule is CC12C=C(OC(O)C#Cc3cc4c(cc3F)c(=O)oc3cc(O)ccc34)C=CC1c1ccc(OCCOCC(O)O[C@@H]3[C@@H](O)[C@H](Oc4ccc5c(c4)c(=O)oc4cc(O)ccc45)O[C@H](C(=O)O)[C@H]3O)cc1C(=O)O2. The number of aliphatic hydroxyl groups is 4. The fraction of sp³-hybridized carbons (Fsp3) is 0.245. The molecule has 10 rings (SSSR count). The highest BCUT2D eigenvalue weighted by atomic mass is 19.1. The van der Waals surface area contributed by atoms with Gasteiger partial charge in [-0.25, -0.2) is 23.6 Å². The Morgan fingerprint density at radius 1 is 0.797 bits per heavy atom. The van der Waals surface area contributed by atoms with Crippen molar-refractivity contribution in [3.05, 3.63) is 152 Å². The van der Waals surface area contributed by atoms with Gasteiger partial charge in [0.2, 0.25) is 6.29 Å². The van der Waals surface area contributed by atoms with E-state index < -0.39 is 90.4 Å². The lowest BCUT2D eigenvalue weighted by molar-refractivity contribution is -0.304. The average molecular weight is 1020 g/mol. The van der Waals surface area contributed by atoms with Gasteiger partial charge in [-0.3, -0.25) is 0 Å². The Morgan fingerprint density at radius 2 is 1.47 bits per heavy atom. The minimum absolute atomic E-state index is 0.0389. The molecule has 3 aliphatic rings. The highest BCUT2D eigenvalue weighted by Crippen LogP contribution is 2.45. The molecule has 74 heavy (non-hydrogen) atoms. The summed E-state index contributed by atoms with van der Waals surface area (Å²) in [6, 6.07) is 19.7. The lowest BCUT2D eigenvalue weighted by atomic mass is 9.76. The predicted octanol–water partition coefficient (Wildman–Crippen LogP) is 4.32. The summed E-state index contributed by atoms with van der Waals surface area (Å²) < 4.78 is 64.9. The number of phenolic OH excluding ortho intramolecular Hbond substituents is 2. The van der Waals surface area contributed by atoms with Gasteiger partial charge >= 0.3 is 23.2 Å². The molecule has 7 N–H and O–H groups in total. The quantitative estimate of drug-likeness (QED) is 0.0211. The molecule has 1 aliphatic carbocycles. The van der Waals surface area contributed by atoms with E-state index in [1.807, 2.05) is 0 Å². The van der Waals surface area contributed by atoms with Crippen molar-refractivity contribution in [2.45, 2.75) is 61.7 Å². The molecule has 4 unspecified atom stereocenters. The molecule has 2 aliphatic heterocycles. The second kappa shape index (κ2) is 19.6. The molecule has 1 saturated heterocycles. The van der Waals surface area contributed by atoms with Crippen LogP contribution in [0.4, 0.5) is 4.39 Å². The number of benzene rings is 5. The van der Waals surface area contributed by atoms with Gasteiger partial charge in [-0.15, -0.1) is 0 Å². The standard InChI is InChI=1S/C53H41FO20/c1-53-22-29(68-42(57)13-2-24-16-34-33-9-4-26(56)18-41(33)71-50(64)37(34)21-39(24)54)7-12-38(53)31-11-5-27(19-36(31)51(65)74-53)67-15-14-66-23-43(58)72-46-44(59)47(48(61)62)73-52(45(46)60)69-28-6-10-30-32-8-3-25(55)17-40(32)70-49(63)35(30)20-28/h3-12,16-22,38,42-47,52,55-60H,14-15,23H2,1H3,(H,61,62)/t38?,42?,43?,44-,45+,46-,47-,52+,53?/m0/s1. The van der Waals surface area contributed by atoms with E-state index in [2.05, 4.69) is 11.8 Å². The number of carbonyl (C=O) groups excluding carboxylic acids is 1. The first-order chi connectivity index (χ1) is 35.4. The molecule has 2 aromatic heterocycles. The van der Waals surface area contributed by atoms with Crippen molar-refractivity contribution in [3.63, 3.8) is 0 Å². The number of halogens is 1. The van der Waals surface area contributed by atoms with E-state index >= 15 is 4.39 Å². The second-order valence-corrected chi connectivity index (χ2v) is 17.5. The molecule has 0 amide bonds. The smallest absolute Gasteiger partial charge is 0.344 e. The van der Waals surface area contributed by atoms with Crippen molar-refractivity contribution in [1.82, 2.24) is 0 Å². The molecule has 4 heterocycles. The van der Waals surface area contributed by atoms with Gasteiger partial charge in [0.15, 0.2) is 12.4 Å². The van der Waals surface area contributed by atoms with Crippen molar-refractivity contribution >= 4 is 55.4 Å². The monoisotopic (exact) mass is 1020 g/mol. The number of aliphatic carboxylic acids is 1. The summed E-state index contributed by atoms with van der Waals surface area (Å²) in [7, 11) is 0. The number of fused-ring (bicyclic) bond motifs is 9. The number of hydrogen-bond acceptors (Lipinski definition) is 19. The van der Waals surface area contributed by atoms with Crippen molar-refractivity contribution in [3.8, 4) is 34.8 Å². The number of allylic oxidation sites excluding steroid dienone is 1. The number of aromatic hydroxyl groups is 2. The van der Waals surface area contributed by atoms with Crippen molar-refractivity contribution < 1.29 is 91.7 Å². The number of esters is 1. The van der Waals surface area contributed by atoms with E-state index in [9.17, 15) is 54.9 Å². The third-order valence-electron chi connectivity index (χ3n) is 12.5. The summed E-state index contributed by atoms with van der Waals surface area (Å²) >= 11 is 0. The van der Waals surface area contributed by atoms with E-state index in [0.29, 0.717) is 27.1 Å². The Kier molecular flexibility index (Phi) is 13.0. The molecule has 1 fully saturated rings. The average Bonchev–Trinajstić information content (AvgIpc) is 3.36. The van der Waals surface area contributed by atoms with Gasteiger partial charge in [-0.1, -0.05) is 18.1 Å². The third-order valence-corrected chi connectivity index (χ3v) is 12.5. The molecule has 20 nitrogen and oxygen atoms in total. The molecule has 5 aromatic carbocycles. The van der Waals surface area contributed by atoms with Gasteiger partial charge in [0.1, 0.15) is 76.3 Å². The summed E-state index contributed by atoms with van der Waals surface area (Å²) in [6.07, 6.45) is -8.17. The molecule has 21 heteroatoms. The lowest BCUT2D eigenvalue weighted by Gasteiger charge is -2.41. The van der Waals surface area contributed by atoms with E-state index in [0.717, 1.165) is 6.07 Å². The molecule has 380 valence electrons. The molecule has 7 aromatic rings. The van der Waals surface area contributed by atoms with Gasteiger partial charge in [-0.05, 0) is 91.2 Å². The zero-order chi connectivity index (χ0) is 52.2. The summed E-state index contributed by atoms with van der Waals surface area (Å²) in [5.41, 5.74) is -1.96. The molecule has 9 atom stereocenters. The number of phenols is 2. The maximum Gasteiger partial charge on any atom is 0.344 e. The van der Waals surface area contributed by atoms with E-state index in [1.165, 1.54) is 66.7 Å². The Bertz CT molecular complexity index is 3660. The van der Waals surface area contributed by atoms with Gasteiger partial charge < -0.3 is 77.7 Å². The molecule has 0 saturated carbocycles. The normalized spacial score (nSPS) is 23.0. The Hall–Kier alpha value is -8.33. The fourth-order valence-corrected chi connectivity index (χ4v) is 9.07. The third kappa shape index (κ3) is 9.57. The van der Waals surface area contributed by atoms with Crippen LogP contribution in [0.1, 0.15) is 34.3 Å². The lowest BCUT2D eigenvalue weighted by Crippen LogP contribution is -2.62. The molecule has 0 radical (unpaired) electrons. The van der Waals surface area contributed by atoms with Gasteiger partial charge in [0, 0.05) is 45.7 Å². The minimum Gasteiger partial charge on any atom is -0.508 e. The largest absolute Gasteiger partial charge is 0.508 e. The Labute approximate surface area is 414 Å². The first kappa shape index (κ1) is 49.3. The zero-order valence-electron chi connectivity index (χ0n) is 38.4. The fourth-order valence-electron chi connectivity index (χ4n) is 9.07. The van der Waals surface area contributed by atoms with Gasteiger partial charge in [0.05, 0.1) is 35.1 Å². The van der Waals surface area contributed by atoms with Gasteiger partial charge in [-0.2, -0.15) is 0 Å². The number of carbonyl (C=O) groups is 2. The van der Waals surface area contributed by atoms with Gasteiger partial charge in [0.25, 0.3) is 6.29 Å². The Morgan fingerprint density at radius 3 is 2.19 bits per heavy atom. The van der Waals surface area contributed by atoms with E-state index in [1.54, 1.807) is 37.3 Å². The minimum atomic E-state index is -1.99. The van der Waals surface area contributed by atoms with Crippen molar-refractivity contribution in [2.75, 3.05) is 19.8 Å². The first-order valence-corrected chi connectivity index (χ1v) is 22.6. The van der Waals surface area contributed by atoms with E-state index in [-0.39, 0.29) is 75.0 Å². The summed E-state index contributed by atoms with van der Waals surface area (Å²) in [4.78, 5) is 50.7. The summed E-state index contributed by atoms with van der Waals surface area (Å²) in [5, 5.41) is 74.4. The van der Waals surface area contributed by atoms with E-state index in [4.69, 9.17) is 42.0 Å². The van der Waals surface area contributed by atoms with Crippen LogP contribution in [0.2, 0.25) is 0 Å². The van der Waals surface area contributed by atoms with Crippen LogP contribution in [-0.4, -0.2) is 116 Å². The number of rotatable bonds is 13. The maximum atomic E-state index is 15.1. The molecule has 0 spiro atoms. The zero-order valence-corrected chi connectivity index (χ0v) is 38.4. The number of aliphatic hydroxyl groups excluding tert-OH is 4. The van der Waals surface area contributed by atoms with Crippen LogP contribution in [0.3, 0.4) is 0 Å². The number of hydrogen-bond donors (Lipinski definition) is 7. The Balaban J connectivity index is 0.726. The molecular formula is C53H41FO20. The van der Waals surface area contributed by atoms with Crippen LogP contribution in [-0.2, 0) is 28.5 Å². The summed E-state index contributed by atoms with van der Waals surface area (Å²) in [6.45, 7) is 0.893.